The normalized spacial score (nSPS) is 11.3. The van der Waals surface area contributed by atoms with Crippen molar-refractivity contribution in [1.82, 2.24) is 29.3 Å². The average Bonchev–Trinajstić information content (AvgIpc) is 3.28. The molecule has 136 valence electrons. The SMILES string of the molecule is CC(C)n1cnnc1-c1cccc(NC(=O)c2nc3ccccc3n2C)n1. The molecule has 1 aromatic carbocycles. The van der Waals surface area contributed by atoms with Crippen LogP contribution in [0.4, 0.5) is 5.82 Å². The molecule has 0 fully saturated rings. The van der Waals surface area contributed by atoms with Gasteiger partial charge in [0.2, 0.25) is 0 Å². The Morgan fingerprint density at radius 1 is 1.07 bits per heavy atom. The van der Waals surface area contributed by atoms with E-state index in [4.69, 9.17) is 0 Å². The zero-order valence-corrected chi connectivity index (χ0v) is 15.3. The molecule has 4 aromatic rings. The van der Waals surface area contributed by atoms with Crippen LogP contribution in [0.1, 0.15) is 30.5 Å². The van der Waals surface area contributed by atoms with Crippen molar-refractivity contribution in [3.63, 3.8) is 0 Å². The topological polar surface area (TPSA) is 90.5 Å². The fourth-order valence-electron chi connectivity index (χ4n) is 2.95. The Balaban J connectivity index is 1.64. The number of pyridine rings is 1. The first kappa shape index (κ1) is 16.9. The van der Waals surface area contributed by atoms with Crippen molar-refractivity contribution in [3.05, 3.63) is 54.6 Å². The van der Waals surface area contributed by atoms with E-state index in [1.165, 1.54) is 0 Å². The number of benzene rings is 1. The lowest BCUT2D eigenvalue weighted by molar-refractivity contribution is 0.101. The fourth-order valence-corrected chi connectivity index (χ4v) is 2.95. The van der Waals surface area contributed by atoms with E-state index in [1.54, 1.807) is 17.0 Å². The Labute approximate surface area is 155 Å². The molecule has 27 heavy (non-hydrogen) atoms. The molecule has 1 amide bonds. The summed E-state index contributed by atoms with van der Waals surface area (Å²) in [6.45, 7) is 4.09. The van der Waals surface area contributed by atoms with E-state index in [-0.39, 0.29) is 11.9 Å². The predicted molar refractivity (Wildman–Crippen MR) is 102 cm³/mol. The maximum absolute atomic E-state index is 12.7. The molecule has 8 heteroatoms. The fraction of sp³-hybridized carbons (Fsp3) is 0.211. The van der Waals surface area contributed by atoms with Crippen LogP contribution < -0.4 is 5.32 Å². The predicted octanol–water partition coefficient (Wildman–Crippen LogP) is 3.06. The zero-order chi connectivity index (χ0) is 19.0. The van der Waals surface area contributed by atoms with Crippen molar-refractivity contribution in [2.75, 3.05) is 5.32 Å². The summed E-state index contributed by atoms with van der Waals surface area (Å²) in [6, 6.07) is 13.2. The van der Waals surface area contributed by atoms with Gasteiger partial charge < -0.3 is 14.5 Å². The van der Waals surface area contributed by atoms with E-state index in [2.05, 4.69) is 25.5 Å². The summed E-state index contributed by atoms with van der Waals surface area (Å²) >= 11 is 0. The van der Waals surface area contributed by atoms with Crippen LogP contribution in [0.5, 0.6) is 0 Å². The van der Waals surface area contributed by atoms with Gasteiger partial charge in [-0.2, -0.15) is 0 Å². The van der Waals surface area contributed by atoms with E-state index >= 15 is 0 Å². The van der Waals surface area contributed by atoms with Crippen molar-refractivity contribution in [3.8, 4) is 11.5 Å². The Morgan fingerprint density at radius 2 is 1.89 bits per heavy atom. The highest BCUT2D eigenvalue weighted by Gasteiger charge is 2.17. The second kappa shape index (κ2) is 6.64. The molecule has 0 aliphatic rings. The number of rotatable bonds is 4. The van der Waals surface area contributed by atoms with E-state index < -0.39 is 0 Å². The number of amides is 1. The van der Waals surface area contributed by atoms with Gasteiger partial charge in [-0.3, -0.25) is 4.79 Å². The number of imidazole rings is 1. The van der Waals surface area contributed by atoms with Gasteiger partial charge in [-0.15, -0.1) is 10.2 Å². The molecule has 0 unspecified atom stereocenters. The number of nitrogens with zero attached hydrogens (tertiary/aromatic N) is 6. The summed E-state index contributed by atoms with van der Waals surface area (Å²) < 4.78 is 3.70. The quantitative estimate of drug-likeness (QED) is 0.603. The molecular weight excluding hydrogens is 342 g/mol. The highest BCUT2D eigenvalue weighted by molar-refractivity contribution is 6.03. The van der Waals surface area contributed by atoms with Crippen molar-refractivity contribution in [2.24, 2.45) is 7.05 Å². The van der Waals surface area contributed by atoms with Crippen LogP contribution >= 0.6 is 0 Å². The molecule has 0 radical (unpaired) electrons. The minimum absolute atomic E-state index is 0.204. The van der Waals surface area contributed by atoms with E-state index in [0.717, 1.165) is 11.0 Å². The number of aromatic nitrogens is 6. The maximum atomic E-state index is 12.7. The van der Waals surface area contributed by atoms with Crippen LogP contribution in [-0.2, 0) is 7.05 Å². The van der Waals surface area contributed by atoms with Crippen molar-refractivity contribution >= 4 is 22.8 Å². The van der Waals surface area contributed by atoms with Gasteiger partial charge in [0, 0.05) is 13.1 Å². The van der Waals surface area contributed by atoms with Crippen LogP contribution in [0.25, 0.3) is 22.6 Å². The molecule has 1 N–H and O–H groups in total. The third-order valence-electron chi connectivity index (χ3n) is 4.34. The zero-order valence-electron chi connectivity index (χ0n) is 15.3. The number of para-hydroxylation sites is 2. The average molecular weight is 361 g/mol. The Bertz CT molecular complexity index is 1130. The molecule has 4 rings (SSSR count). The molecule has 8 nitrogen and oxygen atoms in total. The minimum Gasteiger partial charge on any atom is -0.323 e. The molecule has 0 aliphatic heterocycles. The van der Waals surface area contributed by atoms with E-state index in [9.17, 15) is 4.79 Å². The molecule has 0 bridgehead atoms. The second-order valence-corrected chi connectivity index (χ2v) is 6.50. The number of hydrogen-bond donors (Lipinski definition) is 1. The summed E-state index contributed by atoms with van der Waals surface area (Å²) in [7, 11) is 1.82. The van der Waals surface area contributed by atoms with Gasteiger partial charge in [-0.1, -0.05) is 18.2 Å². The van der Waals surface area contributed by atoms with Gasteiger partial charge in [0.05, 0.1) is 11.0 Å². The Morgan fingerprint density at radius 3 is 2.67 bits per heavy atom. The first-order valence-corrected chi connectivity index (χ1v) is 8.64. The van der Waals surface area contributed by atoms with Crippen LogP contribution in [0, 0.1) is 0 Å². The van der Waals surface area contributed by atoms with Crippen LogP contribution in [-0.4, -0.2) is 35.2 Å². The van der Waals surface area contributed by atoms with Gasteiger partial charge in [-0.05, 0) is 38.1 Å². The highest BCUT2D eigenvalue weighted by atomic mass is 16.2. The number of anilines is 1. The molecule has 0 aliphatic carbocycles. The number of hydrogen-bond acceptors (Lipinski definition) is 5. The smallest absolute Gasteiger partial charge is 0.292 e. The lowest BCUT2D eigenvalue weighted by atomic mass is 10.3. The maximum Gasteiger partial charge on any atom is 0.292 e. The van der Waals surface area contributed by atoms with E-state index in [1.807, 2.05) is 61.9 Å². The molecular formula is C19H19N7O. The van der Waals surface area contributed by atoms with Crippen molar-refractivity contribution in [1.29, 1.82) is 0 Å². The third-order valence-corrected chi connectivity index (χ3v) is 4.34. The van der Waals surface area contributed by atoms with Crippen molar-refractivity contribution < 1.29 is 4.79 Å². The van der Waals surface area contributed by atoms with Crippen molar-refractivity contribution in [2.45, 2.75) is 19.9 Å². The van der Waals surface area contributed by atoms with Gasteiger partial charge in [-0.25, -0.2) is 9.97 Å². The first-order valence-electron chi connectivity index (χ1n) is 8.64. The molecule has 3 aromatic heterocycles. The van der Waals surface area contributed by atoms with E-state index in [0.29, 0.717) is 23.2 Å². The number of carbonyl (C=O) groups excluding carboxylic acids is 1. The summed E-state index contributed by atoms with van der Waals surface area (Å²) in [5, 5.41) is 10.9. The summed E-state index contributed by atoms with van der Waals surface area (Å²) in [6.07, 6.45) is 1.67. The molecule has 0 saturated carbocycles. The lowest BCUT2D eigenvalue weighted by Gasteiger charge is -2.10. The molecule has 0 spiro atoms. The molecule has 3 heterocycles. The van der Waals surface area contributed by atoms with Gasteiger partial charge in [0.15, 0.2) is 11.6 Å². The highest BCUT2D eigenvalue weighted by Crippen LogP contribution is 2.20. The van der Waals surface area contributed by atoms with Gasteiger partial charge >= 0.3 is 0 Å². The molecule has 0 atom stereocenters. The van der Waals surface area contributed by atoms with Gasteiger partial charge in [0.25, 0.3) is 5.91 Å². The number of fused-ring (bicyclic) bond motifs is 1. The largest absolute Gasteiger partial charge is 0.323 e. The third kappa shape index (κ3) is 3.05. The monoisotopic (exact) mass is 361 g/mol. The second-order valence-electron chi connectivity index (χ2n) is 6.50. The van der Waals surface area contributed by atoms with Crippen LogP contribution in [0.3, 0.4) is 0 Å². The summed E-state index contributed by atoms with van der Waals surface area (Å²) in [5.74, 6) is 1.10. The van der Waals surface area contributed by atoms with Crippen LogP contribution in [0.15, 0.2) is 48.8 Å². The minimum atomic E-state index is -0.316. The summed E-state index contributed by atoms with van der Waals surface area (Å²) in [4.78, 5) is 21.6. The number of carbonyl (C=O) groups is 1. The standard InChI is InChI=1S/C19H19N7O/c1-12(2)26-11-20-24-17(26)14-8-6-10-16(21-14)23-19(27)18-22-13-7-4-5-9-15(13)25(18)3/h4-12H,1-3H3,(H,21,23,27). The molecule has 0 saturated heterocycles. The van der Waals surface area contributed by atoms with Gasteiger partial charge in [0.1, 0.15) is 17.8 Å². The summed E-state index contributed by atoms with van der Waals surface area (Å²) in [5.41, 5.74) is 2.32. The Kier molecular flexibility index (Phi) is 4.15. The Hall–Kier alpha value is -3.55. The number of nitrogens with one attached hydrogen (secondary N) is 1. The first-order chi connectivity index (χ1) is 13.0. The number of aryl methyl sites for hydroxylation is 1. The van der Waals surface area contributed by atoms with Crippen LogP contribution in [0.2, 0.25) is 0 Å². The lowest BCUT2D eigenvalue weighted by Crippen LogP contribution is -2.17.